The first kappa shape index (κ1) is 12.0. The Labute approximate surface area is 89.7 Å². The maximum Gasteiger partial charge on any atom is 0.000781 e. The molecule has 1 aliphatic rings. The lowest BCUT2D eigenvalue weighted by molar-refractivity contribution is 0.230. The Morgan fingerprint density at radius 1 is 1.21 bits per heavy atom. The summed E-state index contributed by atoms with van der Waals surface area (Å²) in [6, 6.07) is 0. The van der Waals surface area contributed by atoms with Crippen LogP contribution in [-0.4, -0.2) is 13.1 Å². The van der Waals surface area contributed by atoms with Crippen LogP contribution in [0.1, 0.15) is 59.3 Å². The molecule has 1 unspecified atom stereocenters. The zero-order chi connectivity index (χ0) is 10.4. The molecule has 0 saturated heterocycles. The van der Waals surface area contributed by atoms with Gasteiger partial charge in [0, 0.05) is 6.54 Å². The van der Waals surface area contributed by atoms with Gasteiger partial charge in [-0.1, -0.05) is 33.6 Å². The van der Waals surface area contributed by atoms with Crippen LogP contribution < -0.4 is 5.32 Å². The molecule has 1 N–H and O–H groups in total. The highest BCUT2D eigenvalue weighted by Crippen LogP contribution is 2.47. The molecular formula is C13H27N. The highest BCUT2D eigenvalue weighted by atomic mass is 14.9. The quantitative estimate of drug-likeness (QED) is 0.586. The fourth-order valence-corrected chi connectivity index (χ4v) is 2.35. The number of hydrogen-bond donors (Lipinski definition) is 1. The van der Waals surface area contributed by atoms with Crippen LogP contribution in [0.2, 0.25) is 0 Å². The van der Waals surface area contributed by atoms with Crippen LogP contribution in [0.4, 0.5) is 0 Å². The largest absolute Gasteiger partial charge is 0.316 e. The molecule has 0 bridgehead atoms. The summed E-state index contributed by atoms with van der Waals surface area (Å²) in [5.41, 5.74) is 0.602. The third-order valence-electron chi connectivity index (χ3n) is 3.62. The molecule has 1 fully saturated rings. The van der Waals surface area contributed by atoms with Gasteiger partial charge >= 0.3 is 0 Å². The first-order valence-corrected chi connectivity index (χ1v) is 6.43. The Balaban J connectivity index is 2.28. The highest BCUT2D eigenvalue weighted by molar-refractivity contribution is 4.92. The molecule has 0 heterocycles. The first-order chi connectivity index (χ1) is 6.73. The van der Waals surface area contributed by atoms with E-state index in [1.54, 1.807) is 0 Å². The minimum atomic E-state index is 0.602. The van der Waals surface area contributed by atoms with Gasteiger partial charge in [0.1, 0.15) is 0 Å². The molecule has 0 radical (unpaired) electrons. The summed E-state index contributed by atoms with van der Waals surface area (Å²) >= 11 is 0. The minimum Gasteiger partial charge on any atom is -0.316 e. The van der Waals surface area contributed by atoms with Gasteiger partial charge in [-0.15, -0.1) is 0 Å². The van der Waals surface area contributed by atoms with Crippen LogP contribution in [0, 0.1) is 11.3 Å². The van der Waals surface area contributed by atoms with Crippen molar-refractivity contribution in [2.24, 2.45) is 11.3 Å². The van der Waals surface area contributed by atoms with Crippen LogP contribution in [-0.2, 0) is 0 Å². The molecule has 14 heavy (non-hydrogen) atoms. The molecule has 1 heteroatoms. The predicted molar refractivity (Wildman–Crippen MR) is 63.5 cm³/mol. The van der Waals surface area contributed by atoms with Crippen LogP contribution in [0.5, 0.6) is 0 Å². The van der Waals surface area contributed by atoms with Crippen molar-refractivity contribution in [3.63, 3.8) is 0 Å². The standard InChI is InChI=1S/C13H27N/c1-4-6-9-13(3,12-7-8-12)11-14-10-5-2/h12,14H,4-11H2,1-3H3. The lowest BCUT2D eigenvalue weighted by atomic mass is 9.80. The van der Waals surface area contributed by atoms with Gasteiger partial charge in [-0.05, 0) is 43.6 Å². The van der Waals surface area contributed by atoms with E-state index >= 15 is 0 Å². The Kier molecular flexibility index (Phi) is 4.94. The van der Waals surface area contributed by atoms with Crippen molar-refractivity contribution in [3.05, 3.63) is 0 Å². The minimum absolute atomic E-state index is 0.602. The Morgan fingerprint density at radius 2 is 1.93 bits per heavy atom. The summed E-state index contributed by atoms with van der Waals surface area (Å²) in [6.07, 6.45) is 8.39. The van der Waals surface area contributed by atoms with Gasteiger partial charge in [0.2, 0.25) is 0 Å². The molecule has 1 aliphatic carbocycles. The van der Waals surface area contributed by atoms with Gasteiger partial charge in [0.25, 0.3) is 0 Å². The number of hydrogen-bond acceptors (Lipinski definition) is 1. The number of unbranched alkanes of at least 4 members (excludes halogenated alkanes) is 1. The Hall–Kier alpha value is -0.0400. The molecule has 1 nitrogen and oxygen atoms in total. The molecule has 1 rings (SSSR count). The average molecular weight is 197 g/mol. The lowest BCUT2D eigenvalue weighted by Crippen LogP contribution is -2.34. The van der Waals surface area contributed by atoms with Crippen LogP contribution >= 0.6 is 0 Å². The van der Waals surface area contributed by atoms with Gasteiger partial charge in [0.05, 0.1) is 0 Å². The van der Waals surface area contributed by atoms with Gasteiger partial charge in [-0.25, -0.2) is 0 Å². The van der Waals surface area contributed by atoms with Crippen molar-refractivity contribution in [3.8, 4) is 0 Å². The summed E-state index contributed by atoms with van der Waals surface area (Å²) in [5, 5.41) is 3.61. The molecule has 0 aromatic heterocycles. The Bertz CT molecular complexity index is 151. The fourth-order valence-electron chi connectivity index (χ4n) is 2.35. The predicted octanol–water partition coefficient (Wildman–Crippen LogP) is 3.59. The van der Waals surface area contributed by atoms with E-state index in [4.69, 9.17) is 0 Å². The van der Waals surface area contributed by atoms with Crippen LogP contribution in [0.15, 0.2) is 0 Å². The number of nitrogens with one attached hydrogen (secondary N) is 1. The molecule has 84 valence electrons. The van der Waals surface area contributed by atoms with Crippen molar-refractivity contribution in [1.29, 1.82) is 0 Å². The zero-order valence-corrected chi connectivity index (χ0v) is 10.2. The maximum atomic E-state index is 3.61. The second kappa shape index (κ2) is 5.75. The molecule has 0 aliphatic heterocycles. The molecule has 0 aromatic carbocycles. The van der Waals surface area contributed by atoms with E-state index in [-0.39, 0.29) is 0 Å². The third-order valence-corrected chi connectivity index (χ3v) is 3.62. The topological polar surface area (TPSA) is 12.0 Å². The van der Waals surface area contributed by atoms with Gasteiger partial charge in [-0.3, -0.25) is 0 Å². The summed E-state index contributed by atoms with van der Waals surface area (Å²) < 4.78 is 0. The summed E-state index contributed by atoms with van der Waals surface area (Å²) in [7, 11) is 0. The SMILES string of the molecule is CCCCC(C)(CNCCC)C1CC1. The van der Waals surface area contributed by atoms with E-state index in [0.29, 0.717) is 5.41 Å². The van der Waals surface area contributed by atoms with E-state index < -0.39 is 0 Å². The van der Waals surface area contributed by atoms with E-state index in [9.17, 15) is 0 Å². The smallest absolute Gasteiger partial charge is 0.000781 e. The molecule has 0 aromatic rings. The molecule has 1 saturated carbocycles. The lowest BCUT2D eigenvalue weighted by Gasteiger charge is -2.30. The number of rotatable bonds is 8. The second-order valence-corrected chi connectivity index (χ2v) is 5.21. The van der Waals surface area contributed by atoms with E-state index in [2.05, 4.69) is 26.1 Å². The molecular weight excluding hydrogens is 170 g/mol. The molecule has 0 amide bonds. The van der Waals surface area contributed by atoms with Crippen molar-refractivity contribution in [1.82, 2.24) is 5.32 Å². The van der Waals surface area contributed by atoms with Gasteiger partial charge < -0.3 is 5.32 Å². The van der Waals surface area contributed by atoms with Gasteiger partial charge in [-0.2, -0.15) is 0 Å². The monoisotopic (exact) mass is 197 g/mol. The Morgan fingerprint density at radius 3 is 2.43 bits per heavy atom. The van der Waals surface area contributed by atoms with Gasteiger partial charge in [0.15, 0.2) is 0 Å². The summed E-state index contributed by atoms with van der Waals surface area (Å²) in [5.74, 6) is 1.03. The molecule has 0 spiro atoms. The van der Waals surface area contributed by atoms with E-state index in [0.717, 1.165) is 5.92 Å². The van der Waals surface area contributed by atoms with Crippen LogP contribution in [0.25, 0.3) is 0 Å². The zero-order valence-electron chi connectivity index (χ0n) is 10.2. The van der Waals surface area contributed by atoms with E-state index in [1.165, 1.54) is 51.6 Å². The van der Waals surface area contributed by atoms with Crippen molar-refractivity contribution < 1.29 is 0 Å². The summed E-state index contributed by atoms with van der Waals surface area (Å²) in [6.45, 7) is 9.46. The fraction of sp³-hybridized carbons (Fsp3) is 1.00. The first-order valence-electron chi connectivity index (χ1n) is 6.43. The molecule has 1 atom stereocenters. The second-order valence-electron chi connectivity index (χ2n) is 5.21. The highest BCUT2D eigenvalue weighted by Gasteiger charge is 2.40. The van der Waals surface area contributed by atoms with Crippen molar-refractivity contribution in [2.75, 3.05) is 13.1 Å². The van der Waals surface area contributed by atoms with Crippen molar-refractivity contribution in [2.45, 2.75) is 59.3 Å². The van der Waals surface area contributed by atoms with E-state index in [1.807, 2.05) is 0 Å². The normalized spacial score (nSPS) is 20.8. The average Bonchev–Trinajstić information content (AvgIpc) is 2.98. The summed E-state index contributed by atoms with van der Waals surface area (Å²) in [4.78, 5) is 0. The third kappa shape index (κ3) is 3.61. The van der Waals surface area contributed by atoms with Crippen molar-refractivity contribution >= 4 is 0 Å². The van der Waals surface area contributed by atoms with Crippen LogP contribution in [0.3, 0.4) is 0 Å². The maximum absolute atomic E-state index is 3.61.